The van der Waals surface area contributed by atoms with Gasteiger partial charge in [-0.15, -0.1) is 0 Å². The Labute approximate surface area is 249 Å². The lowest BCUT2D eigenvalue weighted by Crippen LogP contribution is -2.23. The van der Waals surface area contributed by atoms with Crippen LogP contribution in [0.5, 0.6) is 0 Å². The first-order valence-electron chi connectivity index (χ1n) is 13.8. The van der Waals surface area contributed by atoms with Crippen LogP contribution in [0.1, 0.15) is 36.8 Å². The number of nitrogens with zero attached hydrogens (tertiary/aromatic N) is 6. The van der Waals surface area contributed by atoms with Crippen molar-refractivity contribution >= 4 is 40.3 Å². The number of carbonyl (C=O) groups excluding carboxylic acids is 2. The highest BCUT2D eigenvalue weighted by atomic mass is 19.1. The summed E-state index contributed by atoms with van der Waals surface area (Å²) in [5.41, 5.74) is 7.68. The van der Waals surface area contributed by atoms with E-state index in [0.717, 1.165) is 18.4 Å². The molecular weight excluding hydrogens is 571 g/mol. The quantitative estimate of drug-likeness (QED) is 0.198. The molecule has 0 atom stereocenters. The fourth-order valence-corrected chi connectivity index (χ4v) is 4.92. The summed E-state index contributed by atoms with van der Waals surface area (Å²) in [5.74, 6) is -2.64. The predicted molar refractivity (Wildman–Crippen MR) is 158 cm³/mol. The van der Waals surface area contributed by atoms with E-state index in [2.05, 4.69) is 25.4 Å². The Bertz CT molecular complexity index is 1980. The number of aryl methyl sites for hydroxylation is 1. The Hall–Kier alpha value is -5.66. The monoisotopic (exact) mass is 598 g/mol. The van der Waals surface area contributed by atoms with Crippen LogP contribution in [0.4, 0.5) is 22.0 Å². The zero-order valence-electron chi connectivity index (χ0n) is 23.8. The molecule has 1 fully saturated rings. The summed E-state index contributed by atoms with van der Waals surface area (Å²) in [7, 11) is 1.75. The van der Waals surface area contributed by atoms with E-state index in [1.54, 1.807) is 55.3 Å². The lowest BCUT2D eigenvalue weighted by atomic mass is 10.0. The number of nitrogen functional groups attached to an aromatic ring is 1. The van der Waals surface area contributed by atoms with Crippen molar-refractivity contribution in [1.82, 2.24) is 29.3 Å². The van der Waals surface area contributed by atoms with E-state index < -0.39 is 29.9 Å². The molecule has 0 bridgehead atoms. The highest BCUT2D eigenvalue weighted by molar-refractivity contribution is 6.29. The number of benzene rings is 2. The Morgan fingerprint density at radius 1 is 1.11 bits per heavy atom. The number of nitrogens with one attached hydrogen (secondary N) is 1. The number of ether oxygens (including phenoxy) is 2. The minimum atomic E-state index is -1.23. The van der Waals surface area contributed by atoms with Gasteiger partial charge in [-0.1, -0.05) is 18.2 Å². The van der Waals surface area contributed by atoms with Gasteiger partial charge in [-0.3, -0.25) is 14.0 Å². The molecule has 0 spiro atoms. The molecule has 0 unspecified atom stereocenters. The molecule has 3 N–H and O–H groups in total. The number of rotatable bonds is 8. The minimum absolute atomic E-state index is 0.0207. The van der Waals surface area contributed by atoms with E-state index in [-0.39, 0.29) is 41.0 Å². The van der Waals surface area contributed by atoms with Gasteiger partial charge in [-0.2, -0.15) is 20.1 Å². The van der Waals surface area contributed by atoms with E-state index in [1.807, 2.05) is 6.07 Å². The maximum atomic E-state index is 15.3. The first-order valence-corrected chi connectivity index (χ1v) is 13.8. The Balaban J connectivity index is 1.47. The van der Waals surface area contributed by atoms with E-state index in [0.29, 0.717) is 22.6 Å². The van der Waals surface area contributed by atoms with Crippen molar-refractivity contribution in [3.8, 4) is 17.1 Å². The number of halogens is 1. The van der Waals surface area contributed by atoms with Gasteiger partial charge in [-0.05, 0) is 54.8 Å². The molecule has 2 aromatic carbocycles. The molecule has 0 amide bonds. The van der Waals surface area contributed by atoms with Gasteiger partial charge in [0.2, 0.25) is 11.9 Å². The molecule has 44 heavy (non-hydrogen) atoms. The fraction of sp³-hybridized carbons (Fsp3) is 0.233. The van der Waals surface area contributed by atoms with Gasteiger partial charge >= 0.3 is 11.9 Å². The second kappa shape index (κ2) is 11.6. The molecule has 0 radical (unpaired) electrons. The number of carbonyl (C=O) groups is 2. The largest absolute Gasteiger partial charge is 0.458 e. The third-order valence-electron chi connectivity index (χ3n) is 7.08. The summed E-state index contributed by atoms with van der Waals surface area (Å²) < 4.78 is 28.2. The average molecular weight is 599 g/mol. The van der Waals surface area contributed by atoms with E-state index in [4.69, 9.17) is 15.2 Å². The molecule has 1 aliphatic carbocycles. The second-order valence-corrected chi connectivity index (χ2v) is 10.2. The number of nitrogens with two attached hydrogens (primary N) is 1. The van der Waals surface area contributed by atoms with Crippen molar-refractivity contribution in [2.45, 2.75) is 32.3 Å². The smallest absolute Gasteiger partial charge is 0.417 e. The van der Waals surface area contributed by atoms with Crippen LogP contribution in [-0.4, -0.2) is 47.8 Å². The number of anilines is 3. The summed E-state index contributed by atoms with van der Waals surface area (Å²) in [4.78, 5) is 51.0. The van der Waals surface area contributed by atoms with Gasteiger partial charge in [0.15, 0.2) is 5.82 Å². The number of pyridine rings is 1. The van der Waals surface area contributed by atoms with E-state index in [9.17, 15) is 14.4 Å². The van der Waals surface area contributed by atoms with Gasteiger partial charge in [0.1, 0.15) is 12.4 Å². The minimum Gasteiger partial charge on any atom is -0.458 e. The van der Waals surface area contributed by atoms with Gasteiger partial charge in [-0.25, -0.2) is 14.0 Å². The highest BCUT2D eigenvalue weighted by Gasteiger charge is 2.26. The lowest BCUT2D eigenvalue weighted by Gasteiger charge is -2.17. The summed E-state index contributed by atoms with van der Waals surface area (Å²) in [6, 6.07) is 9.77. The number of hydrogen-bond acceptors (Lipinski definition) is 11. The normalized spacial score (nSPS) is 12.7. The van der Waals surface area contributed by atoms with Crippen LogP contribution in [-0.2, 0) is 32.7 Å². The molecule has 5 aromatic rings. The molecule has 0 saturated heterocycles. The van der Waals surface area contributed by atoms with Crippen molar-refractivity contribution < 1.29 is 23.5 Å². The standard InChI is InChI=1S/C30H27FN8O5/c1-3-43-27(41)28(42)44-15-21-20(25-35-29(32)37-30(36-25)34-19-13-33-38(2)14-19)5-4-6-23(21)39-10-9-17-11-18(16-7-8-16)12-22(31)24(17)26(39)40/h4-6,9-14,16H,3,7-8,15H2,1-2H3,(H3,32,34,35,36,37). The molecular formula is C30H27FN8O5. The molecule has 224 valence electrons. The third kappa shape index (κ3) is 5.69. The van der Waals surface area contributed by atoms with Crippen LogP contribution in [0.15, 0.2) is 59.8 Å². The van der Waals surface area contributed by atoms with Crippen molar-refractivity contribution in [3.05, 3.63) is 82.3 Å². The number of hydrogen-bond donors (Lipinski definition) is 2. The maximum Gasteiger partial charge on any atom is 0.417 e. The topological polar surface area (TPSA) is 169 Å². The number of esters is 2. The summed E-state index contributed by atoms with van der Waals surface area (Å²) in [5, 5.41) is 7.51. The van der Waals surface area contributed by atoms with Crippen molar-refractivity contribution in [2.24, 2.45) is 7.05 Å². The molecule has 14 heteroatoms. The summed E-state index contributed by atoms with van der Waals surface area (Å²) >= 11 is 0. The lowest BCUT2D eigenvalue weighted by molar-refractivity contribution is -0.168. The molecule has 1 aliphatic rings. The van der Waals surface area contributed by atoms with Crippen molar-refractivity contribution in [3.63, 3.8) is 0 Å². The molecule has 3 heterocycles. The Morgan fingerprint density at radius 3 is 2.64 bits per heavy atom. The zero-order valence-corrected chi connectivity index (χ0v) is 23.8. The van der Waals surface area contributed by atoms with E-state index >= 15 is 4.39 Å². The van der Waals surface area contributed by atoms with Crippen LogP contribution in [0.2, 0.25) is 0 Å². The van der Waals surface area contributed by atoms with Gasteiger partial charge in [0.25, 0.3) is 5.56 Å². The van der Waals surface area contributed by atoms with Crippen LogP contribution in [0.25, 0.3) is 27.8 Å². The Kier molecular flexibility index (Phi) is 7.47. The highest BCUT2D eigenvalue weighted by Crippen LogP contribution is 2.41. The number of aromatic nitrogens is 6. The number of fused-ring (bicyclic) bond motifs is 1. The average Bonchev–Trinajstić information content (AvgIpc) is 3.77. The SMILES string of the molecule is CCOC(=O)C(=O)OCc1c(-c2nc(N)nc(Nc3cnn(C)c3)n2)cccc1-n1ccc2cc(C3CC3)cc(F)c2c1=O. The molecule has 1 saturated carbocycles. The summed E-state index contributed by atoms with van der Waals surface area (Å²) in [6.45, 7) is 1.06. The molecule has 0 aliphatic heterocycles. The van der Waals surface area contributed by atoms with Gasteiger partial charge in [0, 0.05) is 30.6 Å². The van der Waals surface area contributed by atoms with E-state index in [1.165, 1.54) is 16.8 Å². The van der Waals surface area contributed by atoms with Crippen LogP contribution in [0, 0.1) is 5.82 Å². The maximum absolute atomic E-state index is 15.3. The predicted octanol–water partition coefficient (Wildman–Crippen LogP) is 3.52. The van der Waals surface area contributed by atoms with Crippen molar-refractivity contribution in [1.29, 1.82) is 0 Å². The van der Waals surface area contributed by atoms with Crippen LogP contribution in [0.3, 0.4) is 0 Å². The second-order valence-electron chi connectivity index (χ2n) is 10.2. The first kappa shape index (κ1) is 28.5. The van der Waals surface area contributed by atoms with Crippen LogP contribution >= 0.6 is 0 Å². The fourth-order valence-electron chi connectivity index (χ4n) is 4.92. The Morgan fingerprint density at radius 2 is 1.91 bits per heavy atom. The molecule has 13 nitrogen and oxygen atoms in total. The molecule has 6 rings (SSSR count). The molecule has 3 aromatic heterocycles. The first-order chi connectivity index (χ1) is 21.2. The summed E-state index contributed by atoms with van der Waals surface area (Å²) in [6.07, 6.45) is 6.78. The van der Waals surface area contributed by atoms with Gasteiger partial charge < -0.3 is 20.5 Å². The third-order valence-corrected chi connectivity index (χ3v) is 7.08. The zero-order chi connectivity index (χ0) is 31.0. The van der Waals surface area contributed by atoms with Crippen molar-refractivity contribution in [2.75, 3.05) is 17.7 Å². The van der Waals surface area contributed by atoms with Crippen LogP contribution < -0.4 is 16.6 Å². The van der Waals surface area contributed by atoms with Gasteiger partial charge in [0.05, 0.1) is 29.6 Å².